The Balaban J connectivity index is 2.14. The first kappa shape index (κ1) is 12.9. The molecule has 1 aliphatic rings. The number of hydrogen-bond acceptors (Lipinski definition) is 2. The molecular weight excluding hydrogens is 302 g/mol. The zero-order valence-corrected chi connectivity index (χ0v) is 12.7. The van der Waals surface area contributed by atoms with Crippen LogP contribution in [-0.2, 0) is 12.8 Å². The first-order valence-electron chi connectivity index (χ1n) is 6.77. The van der Waals surface area contributed by atoms with Gasteiger partial charge in [-0.05, 0) is 56.4 Å². The second kappa shape index (κ2) is 5.10. The molecule has 3 nitrogen and oxygen atoms in total. The largest absolute Gasteiger partial charge is 0.324 e. The molecule has 1 aliphatic carbocycles. The van der Waals surface area contributed by atoms with Crippen molar-refractivity contribution in [1.29, 1.82) is 0 Å². The fourth-order valence-electron chi connectivity index (χ4n) is 2.79. The van der Waals surface area contributed by atoms with Crippen LogP contribution in [-0.4, -0.2) is 9.55 Å². The summed E-state index contributed by atoms with van der Waals surface area (Å²) >= 11 is 3.52. The van der Waals surface area contributed by atoms with Crippen LogP contribution in [0.3, 0.4) is 0 Å². The zero-order chi connectivity index (χ0) is 13.4. The van der Waals surface area contributed by atoms with Crippen LogP contribution >= 0.6 is 15.9 Å². The molecule has 1 heterocycles. The molecule has 0 amide bonds. The maximum Gasteiger partial charge on any atom is 0.0997 e. The summed E-state index contributed by atoms with van der Waals surface area (Å²) in [6.07, 6.45) is 6.68. The number of fused-ring (bicyclic) bond motifs is 1. The average Bonchev–Trinajstić information content (AvgIpc) is 2.82. The Hall–Kier alpha value is -1.13. The number of rotatable bonds is 2. The second-order valence-corrected chi connectivity index (χ2v) is 6.12. The van der Waals surface area contributed by atoms with Crippen LogP contribution in [0.2, 0.25) is 0 Å². The van der Waals surface area contributed by atoms with E-state index < -0.39 is 0 Å². The van der Waals surface area contributed by atoms with Gasteiger partial charge in [-0.1, -0.05) is 15.9 Å². The number of nitrogens with two attached hydrogens (primary N) is 1. The van der Waals surface area contributed by atoms with Gasteiger partial charge in [0.05, 0.1) is 17.7 Å². The zero-order valence-electron chi connectivity index (χ0n) is 11.1. The molecule has 2 N–H and O–H groups in total. The van der Waals surface area contributed by atoms with E-state index >= 15 is 0 Å². The first-order valence-corrected chi connectivity index (χ1v) is 7.56. The molecule has 4 heteroatoms. The van der Waals surface area contributed by atoms with Crippen molar-refractivity contribution < 1.29 is 0 Å². The van der Waals surface area contributed by atoms with Gasteiger partial charge in [-0.3, -0.25) is 0 Å². The number of aromatic nitrogens is 2. The quantitative estimate of drug-likeness (QED) is 0.920. The Labute approximate surface area is 122 Å². The lowest BCUT2D eigenvalue weighted by molar-refractivity contribution is 0.654. The van der Waals surface area contributed by atoms with Crippen LogP contribution in [0.4, 0.5) is 0 Å². The SMILES string of the molecule is CC(N)c1cc(Br)ccc1-n1cnc2c1CCCC2. The monoisotopic (exact) mass is 319 g/mol. The first-order chi connectivity index (χ1) is 9.16. The van der Waals surface area contributed by atoms with Gasteiger partial charge in [0.25, 0.3) is 0 Å². The summed E-state index contributed by atoms with van der Waals surface area (Å²) in [6, 6.07) is 6.31. The summed E-state index contributed by atoms with van der Waals surface area (Å²) in [6.45, 7) is 2.02. The van der Waals surface area contributed by atoms with Crippen LogP contribution in [0, 0.1) is 0 Å². The maximum atomic E-state index is 6.11. The second-order valence-electron chi connectivity index (χ2n) is 5.21. The molecule has 0 aliphatic heterocycles. The summed E-state index contributed by atoms with van der Waals surface area (Å²) in [5.41, 5.74) is 11.0. The van der Waals surface area contributed by atoms with E-state index in [4.69, 9.17) is 5.73 Å². The average molecular weight is 320 g/mol. The van der Waals surface area contributed by atoms with Crippen LogP contribution < -0.4 is 5.73 Å². The van der Waals surface area contributed by atoms with E-state index in [2.05, 4.69) is 43.7 Å². The standard InChI is InChI=1S/C15H18BrN3/c1-10(17)12-8-11(16)6-7-14(12)19-9-18-13-4-2-3-5-15(13)19/h6-10H,2-5,17H2,1H3. The molecule has 0 saturated carbocycles. The Morgan fingerprint density at radius 2 is 2.11 bits per heavy atom. The fourth-order valence-corrected chi connectivity index (χ4v) is 3.17. The minimum Gasteiger partial charge on any atom is -0.324 e. The molecule has 100 valence electrons. The highest BCUT2D eigenvalue weighted by Gasteiger charge is 2.18. The minimum absolute atomic E-state index is 0.00846. The third-order valence-electron chi connectivity index (χ3n) is 3.77. The van der Waals surface area contributed by atoms with Crippen molar-refractivity contribution in [3.8, 4) is 5.69 Å². The number of benzene rings is 1. The number of nitrogens with zero attached hydrogens (tertiary/aromatic N) is 2. The summed E-state index contributed by atoms with van der Waals surface area (Å²) in [5, 5.41) is 0. The molecule has 0 spiro atoms. The van der Waals surface area contributed by atoms with Crippen molar-refractivity contribution >= 4 is 15.9 Å². The molecule has 1 aromatic carbocycles. The third kappa shape index (κ3) is 2.35. The summed E-state index contributed by atoms with van der Waals surface area (Å²) < 4.78 is 3.29. The van der Waals surface area contributed by atoms with Gasteiger partial charge in [-0.2, -0.15) is 0 Å². The van der Waals surface area contributed by atoms with Crippen molar-refractivity contribution in [2.45, 2.75) is 38.6 Å². The maximum absolute atomic E-state index is 6.11. The molecule has 0 radical (unpaired) electrons. The van der Waals surface area contributed by atoms with E-state index in [9.17, 15) is 0 Å². The predicted octanol–water partition coefficient (Wildman–Crippen LogP) is 3.53. The van der Waals surface area contributed by atoms with E-state index in [1.54, 1.807) is 0 Å². The number of halogens is 1. The Bertz CT molecular complexity index is 601. The van der Waals surface area contributed by atoms with Crippen molar-refractivity contribution in [1.82, 2.24) is 9.55 Å². The molecule has 1 aromatic heterocycles. The lowest BCUT2D eigenvalue weighted by Gasteiger charge is -2.18. The number of hydrogen-bond donors (Lipinski definition) is 1. The minimum atomic E-state index is 0.00846. The fraction of sp³-hybridized carbons (Fsp3) is 0.400. The highest BCUT2D eigenvalue weighted by molar-refractivity contribution is 9.10. The van der Waals surface area contributed by atoms with Gasteiger partial charge in [0.1, 0.15) is 0 Å². The summed E-state index contributed by atoms with van der Waals surface area (Å²) in [5.74, 6) is 0. The van der Waals surface area contributed by atoms with Crippen LogP contribution in [0.25, 0.3) is 5.69 Å². The molecule has 0 saturated heterocycles. The number of aryl methyl sites for hydroxylation is 1. The topological polar surface area (TPSA) is 43.8 Å². The van der Waals surface area contributed by atoms with E-state index in [1.807, 2.05) is 13.3 Å². The molecule has 0 bridgehead atoms. The van der Waals surface area contributed by atoms with Crippen LogP contribution in [0.15, 0.2) is 29.0 Å². The Morgan fingerprint density at radius 3 is 2.89 bits per heavy atom. The molecule has 1 atom stereocenters. The normalized spacial score (nSPS) is 16.2. The van der Waals surface area contributed by atoms with E-state index in [1.165, 1.54) is 24.2 Å². The van der Waals surface area contributed by atoms with Gasteiger partial charge >= 0.3 is 0 Å². The van der Waals surface area contributed by atoms with Crippen molar-refractivity contribution in [2.75, 3.05) is 0 Å². The highest BCUT2D eigenvalue weighted by Crippen LogP contribution is 2.28. The molecule has 19 heavy (non-hydrogen) atoms. The van der Waals surface area contributed by atoms with Gasteiger partial charge in [0.2, 0.25) is 0 Å². The summed E-state index contributed by atoms with van der Waals surface area (Å²) in [4.78, 5) is 4.57. The summed E-state index contributed by atoms with van der Waals surface area (Å²) in [7, 11) is 0. The van der Waals surface area contributed by atoms with Crippen LogP contribution in [0.5, 0.6) is 0 Å². The Kier molecular flexibility index (Phi) is 3.46. The molecular formula is C15H18BrN3. The van der Waals surface area contributed by atoms with E-state index in [-0.39, 0.29) is 6.04 Å². The number of imidazole rings is 1. The predicted molar refractivity (Wildman–Crippen MR) is 80.5 cm³/mol. The van der Waals surface area contributed by atoms with Gasteiger partial charge in [0.15, 0.2) is 0 Å². The van der Waals surface area contributed by atoms with Crippen molar-refractivity contribution in [3.63, 3.8) is 0 Å². The van der Waals surface area contributed by atoms with Gasteiger partial charge in [-0.25, -0.2) is 4.98 Å². The molecule has 3 rings (SSSR count). The lowest BCUT2D eigenvalue weighted by atomic mass is 10.00. The third-order valence-corrected chi connectivity index (χ3v) is 4.26. The van der Waals surface area contributed by atoms with Gasteiger partial charge in [-0.15, -0.1) is 0 Å². The Morgan fingerprint density at radius 1 is 1.32 bits per heavy atom. The highest BCUT2D eigenvalue weighted by atomic mass is 79.9. The van der Waals surface area contributed by atoms with Crippen molar-refractivity contribution in [3.05, 3.63) is 46.0 Å². The van der Waals surface area contributed by atoms with E-state index in [0.717, 1.165) is 28.6 Å². The lowest BCUT2D eigenvalue weighted by Crippen LogP contribution is -2.12. The molecule has 2 aromatic rings. The van der Waals surface area contributed by atoms with E-state index in [0.29, 0.717) is 0 Å². The molecule has 0 fully saturated rings. The van der Waals surface area contributed by atoms with Gasteiger partial charge in [0, 0.05) is 16.2 Å². The smallest absolute Gasteiger partial charge is 0.0997 e. The van der Waals surface area contributed by atoms with Crippen molar-refractivity contribution in [2.24, 2.45) is 5.73 Å². The van der Waals surface area contributed by atoms with Crippen LogP contribution in [0.1, 0.15) is 42.8 Å². The molecule has 1 unspecified atom stereocenters. The van der Waals surface area contributed by atoms with Gasteiger partial charge < -0.3 is 10.3 Å².